The Morgan fingerprint density at radius 2 is 1.47 bits per heavy atom. The van der Waals surface area contributed by atoms with Crippen molar-refractivity contribution in [3.8, 4) is 0 Å². The molecule has 0 aliphatic heterocycles. The van der Waals surface area contributed by atoms with Crippen LogP contribution in [-0.4, -0.2) is 0 Å². The van der Waals surface area contributed by atoms with E-state index in [1.165, 1.54) is 0 Å². The molecule has 4 saturated carbocycles. The molecule has 0 nitrogen and oxygen atoms in total. The summed E-state index contributed by atoms with van der Waals surface area (Å²) in [6.07, 6.45) is 14.3. The standard InChI is InChI=1S/C17H28/c1-11-9-17(16-4-2-3-14(11)16)15-8-6-12-5-7-13(15)10-12/h11-17H,2-10H2,1H3. The lowest BCUT2D eigenvalue weighted by Crippen LogP contribution is -2.28. The maximum absolute atomic E-state index is 2.56. The summed E-state index contributed by atoms with van der Waals surface area (Å²) >= 11 is 0. The van der Waals surface area contributed by atoms with Crippen LogP contribution in [0.25, 0.3) is 0 Å². The SMILES string of the molecule is CC1CC(C2CCC3CCC2C3)C2CCCC12. The summed E-state index contributed by atoms with van der Waals surface area (Å²) in [5.41, 5.74) is 0. The summed E-state index contributed by atoms with van der Waals surface area (Å²) in [6, 6.07) is 0. The molecule has 0 spiro atoms. The second-order valence-electron chi connectivity index (χ2n) is 7.82. The van der Waals surface area contributed by atoms with Crippen LogP contribution in [0.5, 0.6) is 0 Å². The molecule has 0 N–H and O–H groups in total. The molecule has 0 heteroatoms. The van der Waals surface area contributed by atoms with Crippen molar-refractivity contribution in [3.05, 3.63) is 0 Å². The zero-order valence-electron chi connectivity index (χ0n) is 11.4. The van der Waals surface area contributed by atoms with E-state index in [4.69, 9.17) is 0 Å². The van der Waals surface area contributed by atoms with Gasteiger partial charge in [-0.3, -0.25) is 0 Å². The van der Waals surface area contributed by atoms with Crippen LogP contribution in [0, 0.1) is 41.4 Å². The molecule has 7 unspecified atom stereocenters. The third kappa shape index (κ3) is 1.62. The predicted octanol–water partition coefficient (Wildman–Crippen LogP) is 4.89. The van der Waals surface area contributed by atoms with Crippen molar-refractivity contribution in [2.24, 2.45) is 41.4 Å². The van der Waals surface area contributed by atoms with Crippen LogP contribution in [0.3, 0.4) is 0 Å². The molecule has 0 aromatic heterocycles. The van der Waals surface area contributed by atoms with Crippen LogP contribution in [0.4, 0.5) is 0 Å². The van der Waals surface area contributed by atoms with Gasteiger partial charge in [0.1, 0.15) is 0 Å². The van der Waals surface area contributed by atoms with Gasteiger partial charge in [-0.15, -0.1) is 0 Å². The van der Waals surface area contributed by atoms with Gasteiger partial charge in [0.05, 0.1) is 0 Å². The minimum atomic E-state index is 1.06. The highest BCUT2D eigenvalue weighted by Gasteiger charge is 2.49. The van der Waals surface area contributed by atoms with Gasteiger partial charge in [-0.25, -0.2) is 0 Å². The Morgan fingerprint density at radius 3 is 2.41 bits per heavy atom. The molecular formula is C17H28. The zero-order valence-corrected chi connectivity index (χ0v) is 11.4. The van der Waals surface area contributed by atoms with Gasteiger partial charge in [-0.1, -0.05) is 26.2 Å². The lowest BCUT2D eigenvalue weighted by molar-refractivity contribution is 0.133. The monoisotopic (exact) mass is 232 g/mol. The van der Waals surface area contributed by atoms with Gasteiger partial charge in [0.2, 0.25) is 0 Å². The third-order valence-electron chi connectivity index (χ3n) is 7.20. The smallest absolute Gasteiger partial charge is 0.0349 e. The van der Waals surface area contributed by atoms with Crippen molar-refractivity contribution in [1.82, 2.24) is 0 Å². The van der Waals surface area contributed by atoms with Gasteiger partial charge in [-0.2, -0.15) is 0 Å². The van der Waals surface area contributed by atoms with Crippen molar-refractivity contribution >= 4 is 0 Å². The minimum Gasteiger partial charge on any atom is -0.0622 e. The highest BCUT2D eigenvalue weighted by molar-refractivity contribution is 4.99. The van der Waals surface area contributed by atoms with Crippen molar-refractivity contribution < 1.29 is 0 Å². The van der Waals surface area contributed by atoms with E-state index in [0.717, 1.165) is 41.4 Å². The molecule has 0 radical (unpaired) electrons. The normalized spacial score (nSPS) is 57.4. The fourth-order valence-electron chi connectivity index (χ4n) is 6.52. The van der Waals surface area contributed by atoms with Gasteiger partial charge >= 0.3 is 0 Å². The Balaban J connectivity index is 1.54. The maximum Gasteiger partial charge on any atom is -0.0349 e. The molecule has 0 amide bonds. The largest absolute Gasteiger partial charge is 0.0622 e. The van der Waals surface area contributed by atoms with E-state index in [2.05, 4.69) is 6.92 Å². The quantitative estimate of drug-likeness (QED) is 0.604. The van der Waals surface area contributed by atoms with Crippen LogP contribution >= 0.6 is 0 Å². The summed E-state index contributed by atoms with van der Waals surface area (Å²) < 4.78 is 0. The van der Waals surface area contributed by atoms with Gasteiger partial charge in [-0.05, 0) is 80.0 Å². The first kappa shape index (κ1) is 10.9. The first-order valence-corrected chi connectivity index (χ1v) is 8.33. The summed E-state index contributed by atoms with van der Waals surface area (Å²) in [7, 11) is 0. The van der Waals surface area contributed by atoms with Gasteiger partial charge in [0.25, 0.3) is 0 Å². The van der Waals surface area contributed by atoms with E-state index in [1.54, 1.807) is 57.8 Å². The van der Waals surface area contributed by atoms with Gasteiger partial charge in [0.15, 0.2) is 0 Å². The number of fused-ring (bicyclic) bond motifs is 3. The number of rotatable bonds is 1. The van der Waals surface area contributed by atoms with Crippen molar-refractivity contribution in [3.63, 3.8) is 0 Å². The molecule has 17 heavy (non-hydrogen) atoms. The zero-order chi connectivity index (χ0) is 11.4. The molecule has 0 heterocycles. The van der Waals surface area contributed by atoms with Gasteiger partial charge in [0, 0.05) is 0 Å². The molecule has 4 rings (SSSR count). The topological polar surface area (TPSA) is 0 Å². The summed E-state index contributed by atoms with van der Waals surface area (Å²) in [6.45, 7) is 2.56. The van der Waals surface area contributed by atoms with E-state index < -0.39 is 0 Å². The molecule has 0 aromatic carbocycles. The fraction of sp³-hybridized carbons (Fsp3) is 1.00. The molecule has 96 valence electrons. The molecule has 0 saturated heterocycles. The van der Waals surface area contributed by atoms with E-state index >= 15 is 0 Å². The minimum absolute atomic E-state index is 1.06. The average molecular weight is 232 g/mol. The molecule has 4 aliphatic rings. The van der Waals surface area contributed by atoms with E-state index in [-0.39, 0.29) is 0 Å². The Kier molecular flexibility index (Phi) is 2.56. The van der Waals surface area contributed by atoms with Crippen LogP contribution < -0.4 is 0 Å². The molecule has 7 atom stereocenters. The van der Waals surface area contributed by atoms with E-state index in [9.17, 15) is 0 Å². The molecule has 4 aliphatic carbocycles. The Morgan fingerprint density at radius 1 is 0.647 bits per heavy atom. The summed E-state index contributed by atoms with van der Waals surface area (Å²) in [5, 5.41) is 0. The van der Waals surface area contributed by atoms with Crippen molar-refractivity contribution in [2.75, 3.05) is 0 Å². The lowest BCUT2D eigenvalue weighted by atomic mass is 9.69. The van der Waals surface area contributed by atoms with Crippen LogP contribution in [0.1, 0.15) is 64.7 Å². The summed E-state index contributed by atoms with van der Waals surface area (Å²) in [5.74, 6) is 7.98. The molecule has 4 fully saturated rings. The second kappa shape index (κ2) is 4.00. The highest BCUT2D eigenvalue weighted by atomic mass is 14.5. The average Bonchev–Trinajstić information content (AvgIpc) is 2.99. The predicted molar refractivity (Wildman–Crippen MR) is 71.7 cm³/mol. The van der Waals surface area contributed by atoms with Crippen LogP contribution in [0.15, 0.2) is 0 Å². The maximum atomic E-state index is 2.56. The van der Waals surface area contributed by atoms with E-state index in [0.29, 0.717) is 0 Å². The number of hydrogen-bond donors (Lipinski definition) is 0. The Bertz CT molecular complexity index is 294. The Labute approximate surface area is 107 Å². The fourth-order valence-corrected chi connectivity index (χ4v) is 6.52. The van der Waals surface area contributed by atoms with Crippen molar-refractivity contribution in [1.29, 1.82) is 0 Å². The molecule has 0 aromatic rings. The molecule has 2 bridgehead atoms. The van der Waals surface area contributed by atoms with Crippen LogP contribution in [0.2, 0.25) is 0 Å². The van der Waals surface area contributed by atoms with Gasteiger partial charge < -0.3 is 0 Å². The first-order valence-electron chi connectivity index (χ1n) is 8.33. The first-order chi connectivity index (χ1) is 8.33. The van der Waals surface area contributed by atoms with Crippen molar-refractivity contribution in [2.45, 2.75) is 64.7 Å². The lowest BCUT2D eigenvalue weighted by Gasteiger charge is -2.36. The third-order valence-corrected chi connectivity index (χ3v) is 7.20. The second-order valence-corrected chi connectivity index (χ2v) is 7.82. The molecular weight excluding hydrogens is 204 g/mol. The van der Waals surface area contributed by atoms with E-state index in [1.807, 2.05) is 0 Å². The highest BCUT2D eigenvalue weighted by Crippen LogP contribution is 2.58. The summed E-state index contributed by atoms with van der Waals surface area (Å²) in [4.78, 5) is 0. The Hall–Kier alpha value is 0. The van der Waals surface area contributed by atoms with Crippen LogP contribution in [-0.2, 0) is 0 Å². The number of hydrogen-bond acceptors (Lipinski definition) is 0.